The van der Waals surface area contributed by atoms with Crippen molar-refractivity contribution < 1.29 is 28.1 Å². The van der Waals surface area contributed by atoms with Gasteiger partial charge in [-0.15, -0.1) is 0 Å². The number of para-hydroxylation sites is 1. The van der Waals surface area contributed by atoms with Crippen molar-refractivity contribution >= 4 is 33.5 Å². The molecule has 4 atom stereocenters. The summed E-state index contributed by atoms with van der Waals surface area (Å²) in [5.74, 6) is -1.41. The van der Waals surface area contributed by atoms with Crippen molar-refractivity contribution in [1.82, 2.24) is 9.62 Å². The first-order valence-corrected chi connectivity index (χ1v) is 13.5. The number of likely N-dealkylation sites (tertiary alicyclic amines) is 1. The van der Waals surface area contributed by atoms with Gasteiger partial charge in [0.05, 0.1) is 24.2 Å². The van der Waals surface area contributed by atoms with Gasteiger partial charge in [-0.05, 0) is 55.6 Å². The van der Waals surface area contributed by atoms with Crippen LogP contribution in [0.1, 0.15) is 45.1 Å². The maximum atomic E-state index is 13.5. The average molecular weight is 509 g/mol. The Morgan fingerprint density at radius 3 is 2.71 bits per heavy atom. The van der Waals surface area contributed by atoms with Crippen LogP contribution in [0, 0.1) is 11.8 Å². The normalized spacial score (nSPS) is 23.0. The number of anilines is 1. The lowest BCUT2D eigenvalue weighted by molar-refractivity contribution is -0.459. The van der Waals surface area contributed by atoms with Gasteiger partial charge in [0.25, 0.3) is 0 Å². The molecule has 0 aliphatic carbocycles. The van der Waals surface area contributed by atoms with E-state index in [-0.39, 0.29) is 36.2 Å². The highest BCUT2D eigenvalue weighted by Crippen LogP contribution is 2.31. The molecular weight excluding hydrogens is 472 g/mol. The quantitative estimate of drug-likeness (QED) is 0.137. The second-order valence-corrected chi connectivity index (χ2v) is 11.4. The SMILES string of the molecule is CC1CCN(C(=O)C(CCC[NH+]=C(N)N)NS(=O)(=O)c2cccc3c2NC[C@H](C)C3)C(C(=O)[O-])C1. The molecule has 1 fully saturated rings. The van der Waals surface area contributed by atoms with E-state index in [2.05, 4.69) is 22.0 Å². The first-order chi connectivity index (χ1) is 16.5. The molecule has 1 amide bonds. The van der Waals surface area contributed by atoms with Crippen molar-refractivity contribution in [2.45, 2.75) is 62.9 Å². The number of nitrogens with one attached hydrogen (secondary N) is 3. The number of hydrogen-bond acceptors (Lipinski definition) is 6. The molecule has 2 aliphatic heterocycles. The maximum Gasteiger partial charge on any atom is 0.338 e. The summed E-state index contributed by atoms with van der Waals surface area (Å²) in [7, 11) is -4.10. The molecule has 0 saturated carbocycles. The van der Waals surface area contributed by atoms with E-state index in [9.17, 15) is 23.1 Å². The largest absolute Gasteiger partial charge is 0.548 e. The fourth-order valence-electron chi connectivity index (χ4n) is 4.75. The fourth-order valence-corrected chi connectivity index (χ4v) is 6.20. The third kappa shape index (κ3) is 6.63. The molecule has 11 nitrogen and oxygen atoms in total. The van der Waals surface area contributed by atoms with E-state index < -0.39 is 34.0 Å². The Kier molecular flexibility index (Phi) is 8.60. The number of amides is 1. The van der Waals surface area contributed by atoms with Gasteiger partial charge in [0.2, 0.25) is 15.9 Å². The molecule has 0 spiro atoms. The summed E-state index contributed by atoms with van der Waals surface area (Å²) in [6, 6.07) is 2.82. The third-order valence-electron chi connectivity index (χ3n) is 6.61. The van der Waals surface area contributed by atoms with Gasteiger partial charge < -0.3 is 20.1 Å². The maximum absolute atomic E-state index is 13.5. The number of rotatable bonds is 9. The van der Waals surface area contributed by atoms with Gasteiger partial charge in [0.1, 0.15) is 10.9 Å². The minimum absolute atomic E-state index is 0.0201. The Morgan fingerprint density at radius 1 is 1.29 bits per heavy atom. The summed E-state index contributed by atoms with van der Waals surface area (Å²) < 4.78 is 29.5. The zero-order valence-electron chi connectivity index (χ0n) is 20.2. The zero-order chi connectivity index (χ0) is 25.8. The number of carboxylic acids is 1. The van der Waals surface area contributed by atoms with Crippen LogP contribution in [0.2, 0.25) is 0 Å². The Bertz CT molecular complexity index is 1070. The van der Waals surface area contributed by atoms with Gasteiger partial charge in [-0.2, -0.15) is 4.72 Å². The van der Waals surface area contributed by atoms with E-state index >= 15 is 0 Å². The van der Waals surface area contributed by atoms with E-state index in [1.54, 1.807) is 6.07 Å². The molecule has 194 valence electrons. The number of benzene rings is 1. The van der Waals surface area contributed by atoms with Gasteiger partial charge in [0.15, 0.2) is 0 Å². The topological polar surface area (TPSA) is 185 Å². The minimum Gasteiger partial charge on any atom is -0.548 e. The number of hydrogen-bond donors (Lipinski definition) is 5. The highest BCUT2D eigenvalue weighted by molar-refractivity contribution is 7.89. The van der Waals surface area contributed by atoms with Crippen LogP contribution in [0.5, 0.6) is 0 Å². The molecule has 12 heteroatoms. The molecule has 0 bridgehead atoms. The molecule has 1 aromatic rings. The van der Waals surface area contributed by atoms with E-state index in [4.69, 9.17) is 11.5 Å². The molecule has 1 saturated heterocycles. The summed E-state index contributed by atoms with van der Waals surface area (Å²) >= 11 is 0. The number of piperidine rings is 1. The monoisotopic (exact) mass is 508 g/mol. The first-order valence-electron chi connectivity index (χ1n) is 12.0. The second kappa shape index (κ2) is 11.3. The summed E-state index contributed by atoms with van der Waals surface area (Å²) in [5.41, 5.74) is 12.3. The van der Waals surface area contributed by atoms with Crippen LogP contribution in [0.4, 0.5) is 5.69 Å². The predicted molar refractivity (Wildman–Crippen MR) is 129 cm³/mol. The lowest BCUT2D eigenvalue weighted by Crippen LogP contribution is -2.78. The van der Waals surface area contributed by atoms with E-state index in [1.807, 2.05) is 13.0 Å². The summed E-state index contributed by atoms with van der Waals surface area (Å²) in [6.45, 7) is 5.19. The van der Waals surface area contributed by atoms with Crippen molar-refractivity contribution in [1.29, 1.82) is 0 Å². The van der Waals surface area contributed by atoms with Gasteiger partial charge in [0, 0.05) is 13.1 Å². The summed E-state index contributed by atoms with van der Waals surface area (Å²) in [5, 5.41) is 15.0. The van der Waals surface area contributed by atoms with Crippen molar-refractivity contribution in [3.05, 3.63) is 23.8 Å². The molecule has 3 rings (SSSR count). The molecule has 2 aliphatic rings. The molecular formula is C23H36N6O5S. The number of nitrogens with two attached hydrogens (primary N) is 2. The van der Waals surface area contributed by atoms with Crippen LogP contribution >= 0.6 is 0 Å². The number of carbonyl (C=O) groups is 2. The Morgan fingerprint density at radius 2 is 2.03 bits per heavy atom. The highest BCUT2D eigenvalue weighted by atomic mass is 32.2. The van der Waals surface area contributed by atoms with Gasteiger partial charge >= 0.3 is 5.96 Å². The third-order valence-corrected chi connectivity index (χ3v) is 8.13. The molecule has 1 aromatic carbocycles. The predicted octanol–water partition coefficient (Wildman–Crippen LogP) is -2.55. The molecule has 35 heavy (non-hydrogen) atoms. The minimum atomic E-state index is -4.10. The molecule has 0 aromatic heterocycles. The van der Waals surface area contributed by atoms with Crippen LogP contribution in [-0.2, 0) is 26.0 Å². The summed E-state index contributed by atoms with van der Waals surface area (Å²) in [4.78, 5) is 29.3. The highest BCUT2D eigenvalue weighted by Gasteiger charge is 2.37. The van der Waals surface area contributed by atoms with Gasteiger partial charge in [-0.3, -0.25) is 21.3 Å². The number of aliphatic carboxylic acids is 1. The number of fused-ring (bicyclic) bond motifs is 1. The lowest BCUT2D eigenvalue weighted by atomic mass is 9.91. The average Bonchev–Trinajstić information content (AvgIpc) is 2.79. The standard InChI is InChI=1S/C23H36N6O5S/c1-14-8-10-29(18(12-14)22(31)32)21(30)17(6-4-9-26-23(24)25)28-35(33,34)19-7-3-5-16-11-15(2)13-27-20(16)19/h3,5,7,14-15,17-18,27-28H,4,6,8-13H2,1-2H3,(H,31,32)(H4,24,25,26)/t14?,15-,17?,18?/m1/s1. The summed E-state index contributed by atoms with van der Waals surface area (Å²) in [6.07, 6.45) is 2.14. The van der Waals surface area contributed by atoms with Gasteiger partial charge in [-0.25, -0.2) is 8.42 Å². The molecule has 3 unspecified atom stereocenters. The Hall–Kier alpha value is -2.86. The Balaban J connectivity index is 1.88. The van der Waals surface area contributed by atoms with Crippen LogP contribution < -0.4 is 31.6 Å². The van der Waals surface area contributed by atoms with Crippen molar-refractivity contribution in [2.24, 2.45) is 23.3 Å². The van der Waals surface area contributed by atoms with Crippen molar-refractivity contribution in [2.75, 3.05) is 25.0 Å². The number of carboxylic acid groups (broad SMARTS) is 1. The zero-order valence-corrected chi connectivity index (χ0v) is 21.1. The van der Waals surface area contributed by atoms with Crippen molar-refractivity contribution in [3.63, 3.8) is 0 Å². The first kappa shape index (κ1) is 26.7. The smallest absolute Gasteiger partial charge is 0.338 e. The fraction of sp³-hybridized carbons (Fsp3) is 0.609. The second-order valence-electron chi connectivity index (χ2n) is 9.67. The number of guanidine groups is 1. The van der Waals surface area contributed by atoms with Crippen LogP contribution in [0.15, 0.2) is 23.1 Å². The number of nitrogens with zero attached hydrogens (tertiary/aromatic N) is 1. The van der Waals surface area contributed by atoms with Crippen LogP contribution in [0.3, 0.4) is 0 Å². The van der Waals surface area contributed by atoms with E-state index in [0.29, 0.717) is 37.5 Å². The molecule has 2 heterocycles. The Labute approximate surface area is 206 Å². The van der Waals surface area contributed by atoms with Crippen molar-refractivity contribution in [3.8, 4) is 0 Å². The van der Waals surface area contributed by atoms with Crippen LogP contribution in [-0.4, -0.2) is 62.9 Å². The molecule has 0 radical (unpaired) electrons. The van der Waals surface area contributed by atoms with E-state index in [0.717, 1.165) is 12.0 Å². The number of carbonyl (C=O) groups excluding carboxylic acids is 2. The number of sulfonamides is 1. The van der Waals surface area contributed by atoms with Crippen LogP contribution in [0.25, 0.3) is 0 Å². The van der Waals surface area contributed by atoms with Gasteiger partial charge in [-0.1, -0.05) is 26.0 Å². The molecule has 7 N–H and O–H groups in total. The van der Waals surface area contributed by atoms with E-state index in [1.165, 1.54) is 11.0 Å². The lowest BCUT2D eigenvalue weighted by Gasteiger charge is -2.40.